The second-order valence-corrected chi connectivity index (χ2v) is 6.76. The molecule has 3 aromatic rings. The molecule has 29 heavy (non-hydrogen) atoms. The maximum Gasteiger partial charge on any atom is 0.355 e. The first-order chi connectivity index (χ1) is 14.0. The van der Waals surface area contributed by atoms with Crippen molar-refractivity contribution in [2.24, 2.45) is 7.05 Å². The van der Waals surface area contributed by atoms with Crippen LogP contribution in [-0.2, 0) is 24.6 Å². The van der Waals surface area contributed by atoms with Gasteiger partial charge in [0.05, 0.1) is 12.2 Å². The van der Waals surface area contributed by atoms with Crippen LogP contribution in [0.15, 0.2) is 48.5 Å². The largest absolute Gasteiger partial charge is 0.461 e. The number of halogens is 1. The van der Waals surface area contributed by atoms with Crippen LogP contribution >= 0.6 is 0 Å². The molecule has 0 saturated heterocycles. The van der Waals surface area contributed by atoms with Gasteiger partial charge in [-0.2, -0.15) is 5.26 Å². The summed E-state index contributed by atoms with van der Waals surface area (Å²) in [4.78, 5) is 12.6. The number of nitriles is 1. The van der Waals surface area contributed by atoms with E-state index in [0.717, 1.165) is 16.8 Å². The number of rotatable bonds is 6. The van der Waals surface area contributed by atoms with E-state index in [1.807, 2.05) is 37.3 Å². The molecule has 0 unspecified atom stereocenters. The zero-order valence-corrected chi connectivity index (χ0v) is 16.8. The lowest BCUT2D eigenvalue weighted by atomic mass is 9.97. The van der Waals surface area contributed by atoms with Crippen LogP contribution in [0.5, 0.6) is 0 Å². The first-order valence-electron chi connectivity index (χ1n) is 9.63. The van der Waals surface area contributed by atoms with Crippen LogP contribution in [-0.4, -0.2) is 17.1 Å². The molecule has 0 radical (unpaired) electrons. The number of nitrogens with zero attached hydrogens (tertiary/aromatic N) is 2. The molecule has 0 aliphatic rings. The third-order valence-corrected chi connectivity index (χ3v) is 5.03. The van der Waals surface area contributed by atoms with Crippen LogP contribution in [0.3, 0.4) is 0 Å². The van der Waals surface area contributed by atoms with Gasteiger partial charge in [0, 0.05) is 24.7 Å². The summed E-state index contributed by atoms with van der Waals surface area (Å²) in [6.45, 7) is 3.96. The van der Waals surface area contributed by atoms with Crippen LogP contribution in [0.25, 0.3) is 11.1 Å². The number of hydrogen-bond acceptors (Lipinski definition) is 3. The van der Waals surface area contributed by atoms with Crippen molar-refractivity contribution in [2.75, 3.05) is 6.61 Å². The van der Waals surface area contributed by atoms with Crippen LogP contribution in [0.1, 0.15) is 46.7 Å². The molecule has 0 N–H and O–H groups in total. The van der Waals surface area contributed by atoms with E-state index in [1.165, 1.54) is 6.07 Å². The van der Waals surface area contributed by atoms with E-state index in [-0.39, 0.29) is 12.4 Å². The Morgan fingerprint density at radius 3 is 2.41 bits per heavy atom. The summed E-state index contributed by atoms with van der Waals surface area (Å²) < 4.78 is 20.9. The first-order valence-corrected chi connectivity index (χ1v) is 9.63. The van der Waals surface area contributed by atoms with Crippen LogP contribution in [0, 0.1) is 17.1 Å². The van der Waals surface area contributed by atoms with Crippen LogP contribution < -0.4 is 0 Å². The number of aromatic nitrogens is 1. The number of hydrogen-bond donors (Lipinski definition) is 0. The summed E-state index contributed by atoms with van der Waals surface area (Å²) in [5.74, 6) is -0.680. The second kappa shape index (κ2) is 8.74. The van der Waals surface area contributed by atoms with E-state index in [2.05, 4.69) is 6.07 Å². The van der Waals surface area contributed by atoms with Gasteiger partial charge in [0.15, 0.2) is 0 Å². The summed E-state index contributed by atoms with van der Waals surface area (Å²) in [6.07, 6.45) is 1.09. The molecular weight excluding hydrogens is 367 g/mol. The summed E-state index contributed by atoms with van der Waals surface area (Å²) in [5, 5.41) is 9.76. The summed E-state index contributed by atoms with van der Waals surface area (Å²) in [7, 11) is 1.78. The van der Waals surface area contributed by atoms with Gasteiger partial charge < -0.3 is 9.30 Å². The van der Waals surface area contributed by atoms with Crippen LogP contribution in [0.2, 0.25) is 0 Å². The molecule has 3 rings (SSSR count). The van der Waals surface area contributed by atoms with E-state index in [4.69, 9.17) is 4.74 Å². The molecule has 4 nitrogen and oxygen atoms in total. The Morgan fingerprint density at radius 2 is 1.83 bits per heavy atom. The highest BCUT2D eigenvalue weighted by Gasteiger charge is 2.26. The molecule has 148 valence electrons. The average molecular weight is 390 g/mol. The van der Waals surface area contributed by atoms with Crippen molar-refractivity contribution in [1.82, 2.24) is 4.57 Å². The Kier molecular flexibility index (Phi) is 6.13. The number of ether oxygens (including phenoxy) is 1. The van der Waals surface area contributed by atoms with Crippen molar-refractivity contribution in [2.45, 2.75) is 26.7 Å². The number of benzene rings is 2. The zero-order chi connectivity index (χ0) is 21.0. The molecule has 0 bridgehead atoms. The van der Waals surface area contributed by atoms with Gasteiger partial charge in [0.1, 0.15) is 17.6 Å². The van der Waals surface area contributed by atoms with Crippen molar-refractivity contribution in [3.8, 4) is 17.2 Å². The van der Waals surface area contributed by atoms with Crippen molar-refractivity contribution >= 4 is 5.97 Å². The quantitative estimate of drug-likeness (QED) is 0.555. The van der Waals surface area contributed by atoms with Gasteiger partial charge >= 0.3 is 5.97 Å². The smallest absolute Gasteiger partial charge is 0.355 e. The molecule has 5 heteroatoms. The molecule has 0 atom stereocenters. The van der Waals surface area contributed by atoms with Gasteiger partial charge in [0.2, 0.25) is 0 Å². The third-order valence-electron chi connectivity index (χ3n) is 5.03. The van der Waals surface area contributed by atoms with Gasteiger partial charge in [0.25, 0.3) is 0 Å². The molecule has 1 aromatic heterocycles. The molecular formula is C24H23FN2O2. The maximum absolute atomic E-state index is 13.9. The lowest BCUT2D eigenvalue weighted by molar-refractivity contribution is 0.0516. The Bertz CT molecular complexity index is 1080. The Hall–Kier alpha value is -3.39. The van der Waals surface area contributed by atoms with E-state index >= 15 is 0 Å². The van der Waals surface area contributed by atoms with Gasteiger partial charge in [-0.3, -0.25) is 0 Å². The van der Waals surface area contributed by atoms with E-state index < -0.39 is 5.97 Å². The Labute approximate surface area is 170 Å². The highest BCUT2D eigenvalue weighted by molar-refractivity contribution is 5.98. The lowest BCUT2D eigenvalue weighted by Gasteiger charge is -2.09. The minimum atomic E-state index is -0.448. The van der Waals surface area contributed by atoms with Crippen molar-refractivity contribution in [3.05, 3.63) is 82.4 Å². The fourth-order valence-corrected chi connectivity index (χ4v) is 3.64. The first kappa shape index (κ1) is 20.3. The molecule has 0 aliphatic heterocycles. The Balaban J connectivity index is 2.05. The zero-order valence-electron chi connectivity index (χ0n) is 16.8. The Morgan fingerprint density at radius 1 is 1.14 bits per heavy atom. The summed E-state index contributed by atoms with van der Waals surface area (Å²) >= 11 is 0. The van der Waals surface area contributed by atoms with E-state index in [0.29, 0.717) is 35.2 Å². The molecule has 0 aliphatic carbocycles. The summed E-state index contributed by atoms with van der Waals surface area (Å²) in [5.41, 5.74) is 4.57. The number of carbonyl (C=O) groups is 1. The highest BCUT2D eigenvalue weighted by atomic mass is 19.1. The topological polar surface area (TPSA) is 55.0 Å². The number of carbonyl (C=O) groups excluding carboxylic acids is 1. The van der Waals surface area contributed by atoms with E-state index in [9.17, 15) is 14.4 Å². The highest BCUT2D eigenvalue weighted by Crippen LogP contribution is 2.33. The van der Waals surface area contributed by atoms with Crippen molar-refractivity contribution in [1.29, 1.82) is 5.26 Å². The predicted molar refractivity (Wildman–Crippen MR) is 110 cm³/mol. The fraction of sp³-hybridized carbons (Fsp3) is 0.250. The lowest BCUT2D eigenvalue weighted by Crippen LogP contribution is -2.12. The monoisotopic (exact) mass is 390 g/mol. The molecule has 0 fully saturated rings. The third kappa shape index (κ3) is 3.93. The standard InChI is InChI=1S/C24H23FN2O2/c1-4-21-19(15-26)22(23(27(21)3)24(28)29-5-2)17-12-10-16(11-13-17)14-18-8-6-7-9-20(18)25/h6-13H,4-5,14H2,1-3H3. The van der Waals surface area contributed by atoms with Crippen molar-refractivity contribution in [3.63, 3.8) is 0 Å². The fourth-order valence-electron chi connectivity index (χ4n) is 3.64. The molecule has 0 saturated carbocycles. The molecule has 2 aromatic carbocycles. The van der Waals surface area contributed by atoms with Gasteiger partial charge in [-0.05, 0) is 36.1 Å². The van der Waals surface area contributed by atoms with Gasteiger partial charge in [-0.25, -0.2) is 9.18 Å². The van der Waals surface area contributed by atoms with Crippen LogP contribution in [0.4, 0.5) is 4.39 Å². The average Bonchev–Trinajstić information content (AvgIpc) is 3.02. The van der Waals surface area contributed by atoms with Gasteiger partial charge in [-0.15, -0.1) is 0 Å². The SMILES string of the molecule is CCOC(=O)c1c(-c2ccc(Cc3ccccc3F)cc2)c(C#N)c(CC)n1C. The molecule has 0 spiro atoms. The molecule has 0 amide bonds. The maximum atomic E-state index is 13.9. The predicted octanol–water partition coefficient (Wildman–Crippen LogP) is 5.03. The second-order valence-electron chi connectivity index (χ2n) is 6.76. The minimum absolute atomic E-state index is 0.233. The van der Waals surface area contributed by atoms with Gasteiger partial charge in [-0.1, -0.05) is 49.4 Å². The normalized spacial score (nSPS) is 10.6. The number of esters is 1. The molecule has 1 heterocycles. The van der Waals surface area contributed by atoms with E-state index in [1.54, 1.807) is 30.7 Å². The van der Waals surface area contributed by atoms with Crippen molar-refractivity contribution < 1.29 is 13.9 Å². The minimum Gasteiger partial charge on any atom is -0.461 e. The summed E-state index contributed by atoms with van der Waals surface area (Å²) in [6, 6.07) is 16.5.